The summed E-state index contributed by atoms with van der Waals surface area (Å²) in [6, 6.07) is 26.5. The summed E-state index contributed by atoms with van der Waals surface area (Å²) in [5.74, 6) is -3.59. The molecular formula is C78H95NO20S. The van der Waals surface area contributed by atoms with Gasteiger partial charge in [-0.15, -0.1) is 12.6 Å². The standard InChI is InChI=1S/C78H95NO20S/c1-8-54(46-56(9-2)74(100)79-68-21-15-14-20-53(68)7)47-61-48-55(40-45-92-75(84)57-23-25-58(26-24-57)76(85)97-64-35-31-62(32-36-64)93-51-66(95-72(82)12-5)49-88-41-16-18-43-90-70(80)10-3)22-39-69(61)99-78(87)60-29-27-59(28-30-60)77(86)98-65-37-33-63(34-38-65)94-52-67(96-73(83)13-6)50-89-42-17-19-44-91-71(81)11-4/h10-15,20-22,31-39,47-48,56-60,66-67H,3-6,8-9,16-19,23-30,40-46,49-52H2,1-2,7H3,(H,79,100)/b54-47+. The lowest BCUT2D eigenvalue weighted by Crippen LogP contribution is -2.30. The molecule has 3 atom stereocenters. The fourth-order valence-electron chi connectivity index (χ4n) is 11.0. The molecule has 0 spiro atoms. The van der Waals surface area contributed by atoms with E-state index in [1.54, 1.807) is 54.6 Å². The fourth-order valence-corrected chi connectivity index (χ4v) is 11.4. The van der Waals surface area contributed by atoms with Gasteiger partial charge in [0.2, 0.25) is 0 Å². The normalized spacial score (nSPS) is 16.9. The van der Waals surface area contributed by atoms with Gasteiger partial charge >= 0.3 is 47.8 Å². The van der Waals surface area contributed by atoms with Gasteiger partial charge in [0, 0.05) is 55.4 Å². The number of carbonyl (C=O) groups excluding carboxylic acids is 8. The van der Waals surface area contributed by atoms with Gasteiger partial charge in [0.15, 0.2) is 12.2 Å². The summed E-state index contributed by atoms with van der Waals surface area (Å²) in [6.07, 6.45) is 13.3. The molecule has 3 unspecified atom stereocenters. The zero-order valence-electron chi connectivity index (χ0n) is 57.7. The number of aryl methyl sites for hydroxylation is 1. The first-order valence-corrected chi connectivity index (χ1v) is 34.7. The quantitative estimate of drug-likeness (QED) is 0.00631. The molecule has 100 heavy (non-hydrogen) atoms. The third-order valence-electron chi connectivity index (χ3n) is 16.9. The highest BCUT2D eigenvalue weighted by Crippen LogP contribution is 2.36. The van der Waals surface area contributed by atoms with Gasteiger partial charge in [-0.05, 0) is 181 Å². The average Bonchev–Trinajstić information content (AvgIpc) is 0.838. The van der Waals surface area contributed by atoms with Crippen LogP contribution in [-0.4, -0.2) is 124 Å². The van der Waals surface area contributed by atoms with E-state index in [4.69, 9.17) is 74.5 Å². The number of unbranched alkanes of at least 4 members (excludes halogenated alkanes) is 2. The Morgan fingerprint density at radius 2 is 0.950 bits per heavy atom. The highest BCUT2D eigenvalue weighted by molar-refractivity contribution is 7.97. The Morgan fingerprint density at radius 3 is 1.40 bits per heavy atom. The van der Waals surface area contributed by atoms with Gasteiger partial charge in [-0.1, -0.05) is 76.1 Å². The number of esters is 8. The van der Waals surface area contributed by atoms with Crippen LogP contribution in [0.25, 0.3) is 6.08 Å². The van der Waals surface area contributed by atoms with Crippen molar-refractivity contribution in [1.82, 2.24) is 0 Å². The number of aliphatic imine (C=N–C) groups is 1. The van der Waals surface area contributed by atoms with Crippen molar-refractivity contribution in [3.05, 3.63) is 164 Å². The molecule has 21 nitrogen and oxygen atoms in total. The van der Waals surface area contributed by atoms with Gasteiger partial charge in [-0.2, -0.15) is 0 Å². The molecule has 0 heterocycles. The summed E-state index contributed by atoms with van der Waals surface area (Å²) in [5, 5.41) is 0.719. The van der Waals surface area contributed by atoms with E-state index in [0.717, 1.165) is 58.2 Å². The van der Waals surface area contributed by atoms with Crippen LogP contribution in [0.2, 0.25) is 0 Å². The number of hydrogen-bond donors (Lipinski definition) is 1. The first kappa shape index (κ1) is 79.9. The number of thiol groups is 1. The van der Waals surface area contributed by atoms with E-state index < -0.39 is 71.7 Å². The van der Waals surface area contributed by atoms with Gasteiger partial charge in [0.25, 0.3) is 0 Å². The van der Waals surface area contributed by atoms with Crippen molar-refractivity contribution in [2.45, 2.75) is 136 Å². The van der Waals surface area contributed by atoms with Crippen LogP contribution in [0.15, 0.2) is 152 Å². The van der Waals surface area contributed by atoms with Gasteiger partial charge in [-0.25, -0.2) is 24.2 Å². The van der Waals surface area contributed by atoms with E-state index in [1.165, 1.54) is 0 Å². The van der Waals surface area contributed by atoms with Crippen molar-refractivity contribution in [2.75, 3.05) is 59.5 Å². The van der Waals surface area contributed by atoms with Crippen LogP contribution < -0.4 is 23.7 Å². The molecule has 0 bridgehead atoms. The number of rotatable bonds is 43. The number of para-hydroxylation sites is 1. The largest absolute Gasteiger partial charge is 0.490 e. The van der Waals surface area contributed by atoms with Crippen molar-refractivity contribution >= 4 is 77.2 Å². The Hall–Kier alpha value is -9.12. The Kier molecular flexibility index (Phi) is 35.2. The lowest BCUT2D eigenvalue weighted by atomic mass is 9.82. The van der Waals surface area contributed by atoms with Crippen LogP contribution >= 0.6 is 12.6 Å². The summed E-state index contributed by atoms with van der Waals surface area (Å²) in [4.78, 5) is 106. The molecule has 4 aromatic carbocycles. The number of hydrogen-bond acceptors (Lipinski definition) is 21. The minimum absolute atomic E-state index is 0.0145. The van der Waals surface area contributed by atoms with Crippen molar-refractivity contribution in [3.8, 4) is 28.7 Å². The van der Waals surface area contributed by atoms with E-state index in [0.29, 0.717) is 144 Å². The molecular weight excluding hydrogens is 1300 g/mol. The summed E-state index contributed by atoms with van der Waals surface area (Å²) >= 11 is 4.90. The monoisotopic (exact) mass is 1400 g/mol. The first-order valence-electron chi connectivity index (χ1n) is 34.2. The Labute approximate surface area is 592 Å². The van der Waals surface area contributed by atoms with E-state index in [9.17, 15) is 38.4 Å². The van der Waals surface area contributed by atoms with Crippen molar-refractivity contribution in [1.29, 1.82) is 0 Å². The van der Waals surface area contributed by atoms with Gasteiger partial charge in [-0.3, -0.25) is 19.2 Å². The predicted molar refractivity (Wildman–Crippen MR) is 379 cm³/mol. The molecule has 22 heteroatoms. The highest BCUT2D eigenvalue weighted by atomic mass is 32.1. The fraction of sp³-hybridized carbons (Fsp3) is 0.449. The number of nitrogens with zero attached hydrogens (tertiary/aromatic N) is 1. The molecule has 0 aliphatic heterocycles. The summed E-state index contributed by atoms with van der Waals surface area (Å²) < 4.78 is 67.4. The minimum atomic E-state index is -0.743. The molecule has 0 saturated heterocycles. The predicted octanol–water partition coefficient (Wildman–Crippen LogP) is 13.7. The van der Waals surface area contributed by atoms with Crippen molar-refractivity contribution < 1.29 is 95.2 Å². The minimum Gasteiger partial charge on any atom is -0.490 e. The molecule has 2 aliphatic rings. The molecule has 0 aromatic heterocycles. The molecule has 0 N–H and O–H groups in total. The second-order valence-corrected chi connectivity index (χ2v) is 24.7. The molecule has 6 rings (SSSR count). The van der Waals surface area contributed by atoms with Crippen LogP contribution in [0.3, 0.4) is 0 Å². The van der Waals surface area contributed by atoms with Gasteiger partial charge < -0.3 is 56.8 Å². The zero-order valence-corrected chi connectivity index (χ0v) is 58.5. The number of benzene rings is 4. The maximum atomic E-state index is 14.1. The zero-order chi connectivity index (χ0) is 72.0. The van der Waals surface area contributed by atoms with Crippen LogP contribution in [-0.2, 0) is 77.9 Å². The lowest BCUT2D eigenvalue weighted by molar-refractivity contribution is -0.152. The smallest absolute Gasteiger partial charge is 0.330 e. The van der Waals surface area contributed by atoms with Crippen molar-refractivity contribution in [2.24, 2.45) is 34.6 Å². The second kappa shape index (κ2) is 44.1. The average molecular weight is 1400 g/mol. The molecule has 2 aliphatic carbocycles. The van der Waals surface area contributed by atoms with Crippen LogP contribution in [0, 0.1) is 36.5 Å². The Morgan fingerprint density at radius 1 is 0.510 bits per heavy atom. The first-order chi connectivity index (χ1) is 48.4. The maximum Gasteiger partial charge on any atom is 0.330 e. The van der Waals surface area contributed by atoms with Crippen LogP contribution in [0.5, 0.6) is 28.7 Å². The van der Waals surface area contributed by atoms with Crippen LogP contribution in [0.1, 0.15) is 127 Å². The molecule has 0 amide bonds. The third-order valence-corrected chi connectivity index (χ3v) is 17.4. The van der Waals surface area contributed by atoms with Crippen LogP contribution in [0.4, 0.5) is 5.69 Å². The Bertz CT molecular complexity index is 3420. The highest BCUT2D eigenvalue weighted by Gasteiger charge is 2.34. The summed E-state index contributed by atoms with van der Waals surface area (Å²) in [5.41, 5.74) is 4.55. The molecule has 2 saturated carbocycles. The maximum absolute atomic E-state index is 14.1. The molecule has 4 aromatic rings. The van der Waals surface area contributed by atoms with E-state index in [1.807, 2.05) is 43.3 Å². The van der Waals surface area contributed by atoms with Gasteiger partial charge in [0.05, 0.1) is 67.4 Å². The third kappa shape index (κ3) is 28.6. The topological polar surface area (TPSA) is 260 Å². The van der Waals surface area contributed by atoms with E-state index >= 15 is 0 Å². The number of allylic oxidation sites excluding steroid dienone is 1. The number of ether oxygens (including phenoxy) is 12. The van der Waals surface area contributed by atoms with Crippen molar-refractivity contribution in [3.63, 3.8) is 0 Å². The molecule has 0 radical (unpaired) electrons. The Balaban J connectivity index is 0.992. The SMILES string of the molecule is C=CC(=O)OCCCCOCC(COc1ccc(OC(=O)C2CCC(C(=O)OCCc3ccc(OC(=O)C4CCC(C(=O)Oc5ccc(OCC(COCCCCOC(=O)C=C)OC(=O)C=C)cc5)CC4)c(/C=C(\CC)CC(CC)/C(S)=N/c4ccccc4C)c3)CC2)cc1)OC(=O)C=C. The lowest BCUT2D eigenvalue weighted by Gasteiger charge is -2.26. The van der Waals surface area contributed by atoms with Gasteiger partial charge in [0.1, 0.15) is 42.0 Å². The molecule has 538 valence electrons. The second-order valence-electron chi connectivity index (χ2n) is 24.3. The van der Waals surface area contributed by atoms with E-state index in [2.05, 4.69) is 46.2 Å². The van der Waals surface area contributed by atoms with E-state index in [-0.39, 0.29) is 64.1 Å². The molecule has 2 fully saturated rings. The summed E-state index contributed by atoms with van der Waals surface area (Å²) in [7, 11) is 0. The summed E-state index contributed by atoms with van der Waals surface area (Å²) in [6.45, 7) is 21.2. The number of carbonyl (C=O) groups is 8.